The summed E-state index contributed by atoms with van der Waals surface area (Å²) in [5.74, 6) is -1.48. The Balaban J connectivity index is 1.80. The first kappa shape index (κ1) is 13.5. The van der Waals surface area contributed by atoms with Crippen LogP contribution < -0.4 is 0 Å². The maximum Gasteiger partial charge on any atom is 0.232 e. The third-order valence-electron chi connectivity index (χ3n) is 6.00. The standard InChI is InChI=1S/C15H22N2O4/c18-12-10-9-11(15(21)6-2-4-8-17(12)15)13(19)16-7-3-1-5-14(10,16)20/h10-11,20-21H,1-9H2/t10-,11-,14+,15+/m0/s1. The average Bonchev–Trinajstić information content (AvgIpc) is 2.46. The van der Waals surface area contributed by atoms with E-state index in [1.807, 2.05) is 0 Å². The highest BCUT2D eigenvalue weighted by Crippen LogP contribution is 2.51. The second-order valence-electron chi connectivity index (χ2n) is 6.99. The zero-order valence-electron chi connectivity index (χ0n) is 12.1. The van der Waals surface area contributed by atoms with Crippen LogP contribution in [0.2, 0.25) is 0 Å². The van der Waals surface area contributed by atoms with Crippen LogP contribution in [-0.2, 0) is 9.59 Å². The summed E-state index contributed by atoms with van der Waals surface area (Å²) in [5.41, 5.74) is -2.66. The van der Waals surface area contributed by atoms with Gasteiger partial charge in [-0.2, -0.15) is 0 Å². The zero-order valence-corrected chi connectivity index (χ0v) is 12.1. The lowest BCUT2D eigenvalue weighted by molar-refractivity contribution is -0.262. The van der Waals surface area contributed by atoms with E-state index in [1.165, 1.54) is 9.80 Å². The maximum absolute atomic E-state index is 12.8. The van der Waals surface area contributed by atoms with E-state index in [0.29, 0.717) is 25.9 Å². The van der Waals surface area contributed by atoms with Crippen molar-refractivity contribution in [2.75, 3.05) is 13.1 Å². The molecule has 4 aliphatic heterocycles. The Kier molecular flexibility index (Phi) is 2.70. The lowest BCUT2D eigenvalue weighted by Gasteiger charge is -2.61. The summed E-state index contributed by atoms with van der Waals surface area (Å²) in [5, 5.41) is 22.0. The van der Waals surface area contributed by atoms with E-state index in [-0.39, 0.29) is 18.2 Å². The van der Waals surface area contributed by atoms with Crippen LogP contribution in [-0.4, -0.2) is 56.4 Å². The number of carbonyl (C=O) groups is 2. The number of hydrogen-bond acceptors (Lipinski definition) is 4. The van der Waals surface area contributed by atoms with E-state index in [2.05, 4.69) is 0 Å². The Morgan fingerprint density at radius 1 is 0.810 bits per heavy atom. The molecule has 6 heteroatoms. The molecule has 0 aromatic carbocycles. The van der Waals surface area contributed by atoms with E-state index in [0.717, 1.165) is 25.7 Å². The number of piperidine rings is 4. The number of carbonyl (C=O) groups excluding carboxylic acids is 2. The van der Waals surface area contributed by atoms with Crippen molar-refractivity contribution in [2.45, 2.75) is 56.4 Å². The van der Waals surface area contributed by atoms with Gasteiger partial charge in [-0.25, -0.2) is 0 Å². The summed E-state index contributed by atoms with van der Waals surface area (Å²) < 4.78 is 0. The molecular weight excluding hydrogens is 272 g/mol. The molecule has 4 saturated heterocycles. The molecule has 4 fully saturated rings. The summed E-state index contributed by atoms with van der Waals surface area (Å²) in [6.07, 6.45) is 4.59. The van der Waals surface area contributed by atoms with Crippen LogP contribution in [0, 0.1) is 11.8 Å². The van der Waals surface area contributed by atoms with Crippen molar-refractivity contribution in [3.05, 3.63) is 0 Å². The second kappa shape index (κ2) is 4.20. The summed E-state index contributed by atoms with van der Waals surface area (Å²) in [6.45, 7) is 0.984. The van der Waals surface area contributed by atoms with Crippen LogP contribution >= 0.6 is 0 Å². The molecule has 0 radical (unpaired) electrons. The number of fused-ring (bicyclic) bond motifs is 6. The van der Waals surface area contributed by atoms with Crippen molar-refractivity contribution < 1.29 is 19.8 Å². The Morgan fingerprint density at radius 3 is 1.67 bits per heavy atom. The molecule has 6 nitrogen and oxygen atoms in total. The summed E-state index contributed by atoms with van der Waals surface area (Å²) >= 11 is 0. The Morgan fingerprint density at radius 2 is 1.24 bits per heavy atom. The Labute approximate surface area is 123 Å². The molecule has 4 aliphatic rings. The number of aliphatic hydroxyl groups is 2. The largest absolute Gasteiger partial charge is 0.370 e. The highest BCUT2D eigenvalue weighted by molar-refractivity contribution is 5.91. The normalized spacial score (nSPS) is 46.2. The highest BCUT2D eigenvalue weighted by Gasteiger charge is 2.66. The van der Waals surface area contributed by atoms with E-state index < -0.39 is 23.3 Å². The Bertz CT molecular complexity index is 466. The van der Waals surface area contributed by atoms with Crippen molar-refractivity contribution >= 4 is 11.8 Å². The minimum absolute atomic E-state index is 0.171. The highest BCUT2D eigenvalue weighted by atomic mass is 16.3. The molecular formula is C15H22N2O4. The van der Waals surface area contributed by atoms with Gasteiger partial charge in [0.05, 0.1) is 11.8 Å². The van der Waals surface area contributed by atoms with Crippen molar-refractivity contribution in [3.63, 3.8) is 0 Å². The van der Waals surface area contributed by atoms with Gasteiger partial charge in [0.25, 0.3) is 0 Å². The number of rotatable bonds is 0. The molecule has 0 aliphatic carbocycles. The van der Waals surface area contributed by atoms with E-state index in [4.69, 9.17) is 0 Å². The molecule has 21 heavy (non-hydrogen) atoms. The third-order valence-corrected chi connectivity index (χ3v) is 6.00. The number of nitrogens with zero attached hydrogens (tertiary/aromatic N) is 2. The van der Waals surface area contributed by atoms with Crippen molar-refractivity contribution in [1.29, 1.82) is 0 Å². The van der Waals surface area contributed by atoms with Gasteiger partial charge >= 0.3 is 0 Å². The minimum Gasteiger partial charge on any atom is -0.370 e. The molecule has 0 aromatic rings. The predicted molar refractivity (Wildman–Crippen MR) is 72.6 cm³/mol. The van der Waals surface area contributed by atoms with Crippen molar-refractivity contribution in [3.8, 4) is 0 Å². The smallest absolute Gasteiger partial charge is 0.232 e. The lowest BCUT2D eigenvalue weighted by Crippen LogP contribution is -2.77. The Hall–Kier alpha value is -1.14. The fourth-order valence-corrected chi connectivity index (χ4v) is 4.88. The van der Waals surface area contributed by atoms with Gasteiger partial charge in [-0.15, -0.1) is 0 Å². The molecule has 2 N–H and O–H groups in total. The molecule has 2 amide bonds. The second-order valence-corrected chi connectivity index (χ2v) is 6.99. The number of amides is 2. The van der Waals surface area contributed by atoms with Gasteiger partial charge in [0.1, 0.15) is 0 Å². The van der Waals surface area contributed by atoms with Gasteiger partial charge in [0.15, 0.2) is 11.4 Å². The van der Waals surface area contributed by atoms with Gasteiger partial charge in [-0.3, -0.25) is 9.59 Å². The van der Waals surface area contributed by atoms with Crippen LogP contribution in [0.3, 0.4) is 0 Å². The monoisotopic (exact) mass is 294 g/mol. The summed E-state index contributed by atoms with van der Waals surface area (Å²) in [6, 6.07) is 0. The topological polar surface area (TPSA) is 81.1 Å². The van der Waals surface area contributed by atoms with Gasteiger partial charge in [0, 0.05) is 13.1 Å². The van der Waals surface area contributed by atoms with Crippen LogP contribution in [0.4, 0.5) is 0 Å². The molecule has 2 bridgehead atoms. The first-order valence-corrected chi connectivity index (χ1v) is 8.06. The molecule has 0 spiro atoms. The van der Waals surface area contributed by atoms with Crippen LogP contribution in [0.25, 0.3) is 0 Å². The van der Waals surface area contributed by atoms with Crippen molar-refractivity contribution in [2.24, 2.45) is 11.8 Å². The minimum atomic E-state index is -1.33. The summed E-state index contributed by atoms with van der Waals surface area (Å²) in [7, 11) is 0. The van der Waals surface area contributed by atoms with Gasteiger partial charge in [-0.1, -0.05) is 0 Å². The molecule has 0 aromatic heterocycles. The summed E-state index contributed by atoms with van der Waals surface area (Å²) in [4.78, 5) is 28.6. The number of hydrogen-bond donors (Lipinski definition) is 2. The van der Waals surface area contributed by atoms with Crippen LogP contribution in [0.5, 0.6) is 0 Å². The van der Waals surface area contributed by atoms with Crippen LogP contribution in [0.1, 0.15) is 44.9 Å². The third kappa shape index (κ3) is 1.55. The first-order chi connectivity index (χ1) is 9.98. The molecule has 4 atom stereocenters. The lowest BCUT2D eigenvalue weighted by atomic mass is 9.66. The molecule has 4 heterocycles. The maximum atomic E-state index is 12.8. The molecule has 116 valence electrons. The molecule has 0 unspecified atom stereocenters. The van der Waals surface area contributed by atoms with Gasteiger partial charge < -0.3 is 20.0 Å². The molecule has 4 rings (SSSR count). The van der Waals surface area contributed by atoms with Gasteiger partial charge in [0.2, 0.25) is 11.8 Å². The SMILES string of the molecule is O=C1[C@@H]2C[C@@H](C(=O)N3CCCC[C@@]23O)[C@]2(O)CCCCN12. The quantitative estimate of drug-likeness (QED) is 0.661. The first-order valence-electron chi connectivity index (χ1n) is 8.06. The van der Waals surface area contributed by atoms with E-state index in [9.17, 15) is 19.8 Å². The van der Waals surface area contributed by atoms with Gasteiger partial charge in [-0.05, 0) is 44.9 Å². The fraction of sp³-hybridized carbons (Fsp3) is 0.867. The molecule has 0 saturated carbocycles. The average molecular weight is 294 g/mol. The van der Waals surface area contributed by atoms with Crippen LogP contribution in [0.15, 0.2) is 0 Å². The van der Waals surface area contributed by atoms with Crippen molar-refractivity contribution in [1.82, 2.24) is 9.80 Å². The fourth-order valence-electron chi connectivity index (χ4n) is 4.88. The zero-order chi connectivity index (χ0) is 14.8. The predicted octanol–water partition coefficient (Wildman–Crippen LogP) is 0.0383. The van der Waals surface area contributed by atoms with E-state index >= 15 is 0 Å². The van der Waals surface area contributed by atoms with E-state index in [1.54, 1.807) is 0 Å².